The number of fused-ring (bicyclic) bond motifs is 1. The van der Waals surface area contributed by atoms with E-state index in [4.69, 9.17) is 4.98 Å². The Kier molecular flexibility index (Phi) is 5.06. The van der Waals surface area contributed by atoms with Crippen LogP contribution < -0.4 is 0 Å². The molecule has 0 bridgehead atoms. The smallest absolute Gasteiger partial charge is 0.0709 e. The molecule has 2 nitrogen and oxygen atoms in total. The molecule has 0 atom stereocenters. The van der Waals surface area contributed by atoms with E-state index in [9.17, 15) is 0 Å². The molecule has 0 radical (unpaired) electrons. The molecule has 0 aliphatic heterocycles. The van der Waals surface area contributed by atoms with Crippen LogP contribution in [0.3, 0.4) is 0 Å². The summed E-state index contributed by atoms with van der Waals surface area (Å²) in [7, 11) is 0. The van der Waals surface area contributed by atoms with Crippen LogP contribution in [0.4, 0.5) is 0 Å². The van der Waals surface area contributed by atoms with E-state index in [1.165, 1.54) is 22.1 Å². The molecule has 27 heavy (non-hydrogen) atoms. The quantitative estimate of drug-likeness (QED) is 0.420. The maximum Gasteiger partial charge on any atom is 0.0709 e. The van der Waals surface area contributed by atoms with Crippen LogP contribution in [0.1, 0.15) is 24.6 Å². The molecule has 0 saturated carbocycles. The first-order valence-electron chi connectivity index (χ1n) is 9.32. The van der Waals surface area contributed by atoms with Gasteiger partial charge in [0.2, 0.25) is 0 Å². The van der Waals surface area contributed by atoms with E-state index >= 15 is 0 Å². The fraction of sp³-hybridized carbons (Fsp3) is 0.120. The van der Waals surface area contributed by atoms with E-state index in [1.54, 1.807) is 0 Å². The van der Waals surface area contributed by atoms with Gasteiger partial charge in [0.05, 0.1) is 16.9 Å². The van der Waals surface area contributed by atoms with Crippen LogP contribution in [-0.4, -0.2) is 9.97 Å². The summed E-state index contributed by atoms with van der Waals surface area (Å²) in [6.45, 7) is 2.18. The molecule has 0 unspecified atom stereocenters. The number of para-hydroxylation sites is 1. The van der Waals surface area contributed by atoms with Crippen molar-refractivity contribution in [3.05, 3.63) is 102 Å². The Morgan fingerprint density at radius 3 is 2.56 bits per heavy atom. The van der Waals surface area contributed by atoms with Gasteiger partial charge in [0, 0.05) is 17.1 Å². The Morgan fingerprint density at radius 1 is 0.852 bits per heavy atom. The predicted molar refractivity (Wildman–Crippen MR) is 113 cm³/mol. The standard InChI is InChI=1S/C25H22N2/c1-19(18-22-16-15-21-9-3-5-11-24(21)27-22)13-14-20-8-2-4-10-23(20)25-12-6-7-17-26-25/h2-12,15-18H,13-14H2,1H3/b19-18-. The van der Waals surface area contributed by atoms with Crippen molar-refractivity contribution in [2.24, 2.45) is 0 Å². The number of hydrogen-bond acceptors (Lipinski definition) is 2. The van der Waals surface area contributed by atoms with Gasteiger partial charge in [0.15, 0.2) is 0 Å². The molecule has 4 aromatic rings. The van der Waals surface area contributed by atoms with Crippen molar-refractivity contribution in [1.82, 2.24) is 9.97 Å². The van der Waals surface area contributed by atoms with Crippen molar-refractivity contribution in [3.8, 4) is 11.3 Å². The molecule has 2 heteroatoms. The minimum absolute atomic E-state index is 0.989. The molecule has 0 fully saturated rings. The second kappa shape index (κ2) is 7.96. The van der Waals surface area contributed by atoms with E-state index in [-0.39, 0.29) is 0 Å². The number of allylic oxidation sites excluding steroid dienone is 1. The zero-order valence-electron chi connectivity index (χ0n) is 15.5. The van der Waals surface area contributed by atoms with Gasteiger partial charge >= 0.3 is 0 Å². The molecule has 0 saturated heterocycles. The van der Waals surface area contributed by atoms with Crippen LogP contribution in [0, 0.1) is 0 Å². The molecule has 0 N–H and O–H groups in total. The van der Waals surface area contributed by atoms with Crippen molar-refractivity contribution >= 4 is 17.0 Å². The highest BCUT2D eigenvalue weighted by Crippen LogP contribution is 2.24. The van der Waals surface area contributed by atoms with E-state index in [2.05, 4.69) is 72.6 Å². The zero-order chi connectivity index (χ0) is 18.5. The molecule has 0 amide bonds. The summed E-state index contributed by atoms with van der Waals surface area (Å²) in [5.74, 6) is 0. The van der Waals surface area contributed by atoms with Crippen molar-refractivity contribution in [2.75, 3.05) is 0 Å². The maximum atomic E-state index is 4.75. The topological polar surface area (TPSA) is 25.8 Å². The number of rotatable bonds is 5. The van der Waals surface area contributed by atoms with E-state index < -0.39 is 0 Å². The summed E-state index contributed by atoms with van der Waals surface area (Å²) in [5.41, 5.74) is 6.97. The molecule has 2 aromatic heterocycles. The second-order valence-corrected chi connectivity index (χ2v) is 6.79. The lowest BCUT2D eigenvalue weighted by molar-refractivity contribution is 0.948. The Bertz CT molecular complexity index is 1080. The number of aryl methyl sites for hydroxylation is 1. The first-order chi connectivity index (χ1) is 13.3. The zero-order valence-corrected chi connectivity index (χ0v) is 15.5. The summed E-state index contributed by atoms with van der Waals surface area (Å²) in [4.78, 5) is 9.26. The van der Waals surface area contributed by atoms with Crippen LogP contribution in [0.15, 0.2) is 90.6 Å². The lowest BCUT2D eigenvalue weighted by Crippen LogP contribution is -1.93. The minimum atomic E-state index is 0.989. The van der Waals surface area contributed by atoms with Gasteiger partial charge in [0.25, 0.3) is 0 Å². The molecule has 132 valence electrons. The van der Waals surface area contributed by atoms with E-state index in [0.29, 0.717) is 0 Å². The molecule has 0 aliphatic carbocycles. The fourth-order valence-corrected chi connectivity index (χ4v) is 3.33. The van der Waals surface area contributed by atoms with Crippen LogP contribution in [0.25, 0.3) is 28.2 Å². The van der Waals surface area contributed by atoms with Crippen LogP contribution in [-0.2, 0) is 6.42 Å². The lowest BCUT2D eigenvalue weighted by atomic mass is 9.98. The van der Waals surface area contributed by atoms with Crippen LogP contribution >= 0.6 is 0 Å². The molecular formula is C25H22N2. The van der Waals surface area contributed by atoms with Crippen LogP contribution in [0.2, 0.25) is 0 Å². The van der Waals surface area contributed by atoms with Gasteiger partial charge < -0.3 is 0 Å². The minimum Gasteiger partial charge on any atom is -0.256 e. The van der Waals surface area contributed by atoms with Gasteiger partial charge in [-0.1, -0.05) is 60.2 Å². The van der Waals surface area contributed by atoms with Gasteiger partial charge in [-0.05, 0) is 55.7 Å². The largest absolute Gasteiger partial charge is 0.256 e. The monoisotopic (exact) mass is 350 g/mol. The average Bonchev–Trinajstić information content (AvgIpc) is 2.73. The molecule has 0 aliphatic rings. The molecule has 2 heterocycles. The van der Waals surface area contributed by atoms with Gasteiger partial charge in [-0.25, -0.2) is 4.98 Å². The molecule has 2 aromatic carbocycles. The molecule has 4 rings (SSSR count). The number of hydrogen-bond donors (Lipinski definition) is 0. The molecular weight excluding hydrogens is 328 g/mol. The Balaban J connectivity index is 1.52. The van der Waals surface area contributed by atoms with Gasteiger partial charge in [-0.2, -0.15) is 0 Å². The number of pyridine rings is 2. The number of aromatic nitrogens is 2. The van der Waals surface area contributed by atoms with Gasteiger partial charge in [0.1, 0.15) is 0 Å². The normalized spacial score (nSPS) is 11.7. The van der Waals surface area contributed by atoms with Crippen LogP contribution in [0.5, 0.6) is 0 Å². The third-order valence-corrected chi connectivity index (χ3v) is 4.76. The Labute approximate surface area is 160 Å². The van der Waals surface area contributed by atoms with Crippen molar-refractivity contribution in [1.29, 1.82) is 0 Å². The highest BCUT2D eigenvalue weighted by atomic mass is 14.7. The summed E-state index contributed by atoms with van der Waals surface area (Å²) < 4.78 is 0. The lowest BCUT2D eigenvalue weighted by Gasteiger charge is -2.09. The Hall–Kier alpha value is -3.26. The van der Waals surface area contributed by atoms with Crippen molar-refractivity contribution in [3.63, 3.8) is 0 Å². The number of benzene rings is 2. The maximum absolute atomic E-state index is 4.75. The SMILES string of the molecule is C/C(=C/c1ccc2ccccc2n1)CCc1ccccc1-c1ccccn1. The van der Waals surface area contributed by atoms with Gasteiger partial charge in [-0.3, -0.25) is 4.98 Å². The van der Waals surface area contributed by atoms with Crippen molar-refractivity contribution in [2.45, 2.75) is 19.8 Å². The highest BCUT2D eigenvalue weighted by molar-refractivity contribution is 5.79. The third-order valence-electron chi connectivity index (χ3n) is 4.76. The first-order valence-corrected chi connectivity index (χ1v) is 9.32. The summed E-state index contributed by atoms with van der Waals surface area (Å²) >= 11 is 0. The predicted octanol–water partition coefficient (Wildman–Crippen LogP) is 6.33. The third kappa shape index (κ3) is 4.12. The second-order valence-electron chi connectivity index (χ2n) is 6.79. The number of nitrogens with zero attached hydrogens (tertiary/aromatic N) is 2. The summed E-state index contributed by atoms with van der Waals surface area (Å²) in [5, 5.41) is 1.18. The molecule has 0 spiro atoms. The summed E-state index contributed by atoms with van der Waals surface area (Å²) in [6, 6.07) is 27.1. The van der Waals surface area contributed by atoms with E-state index in [1.807, 2.05) is 30.5 Å². The summed E-state index contributed by atoms with van der Waals surface area (Å²) in [6.07, 6.45) is 6.03. The first kappa shape index (κ1) is 17.2. The Morgan fingerprint density at radius 2 is 1.67 bits per heavy atom. The van der Waals surface area contributed by atoms with Gasteiger partial charge in [-0.15, -0.1) is 0 Å². The average molecular weight is 350 g/mol. The highest BCUT2D eigenvalue weighted by Gasteiger charge is 2.06. The van der Waals surface area contributed by atoms with E-state index in [0.717, 1.165) is 29.7 Å². The fourth-order valence-electron chi connectivity index (χ4n) is 3.33. The van der Waals surface area contributed by atoms with Crippen molar-refractivity contribution < 1.29 is 0 Å².